The largest absolute Gasteiger partial charge is 0.478 e. The first-order valence-corrected chi connectivity index (χ1v) is 7.75. The molecule has 0 unspecified atom stereocenters. The summed E-state index contributed by atoms with van der Waals surface area (Å²) in [7, 11) is 0. The van der Waals surface area contributed by atoms with Crippen LogP contribution in [0.1, 0.15) is 29.8 Å². The summed E-state index contributed by atoms with van der Waals surface area (Å²) in [6, 6.07) is 9.43. The van der Waals surface area contributed by atoms with Crippen molar-refractivity contribution in [1.29, 1.82) is 0 Å². The predicted octanol–water partition coefficient (Wildman–Crippen LogP) is 4.37. The number of carbonyl (C=O) groups is 1. The lowest BCUT2D eigenvalue weighted by Gasteiger charge is -2.11. The molecule has 0 spiro atoms. The van der Waals surface area contributed by atoms with Gasteiger partial charge in [-0.1, -0.05) is 19.9 Å². The van der Waals surface area contributed by atoms with Gasteiger partial charge in [0, 0.05) is 35.4 Å². The second kappa shape index (κ2) is 5.88. The highest BCUT2D eigenvalue weighted by Crippen LogP contribution is 2.30. The highest BCUT2D eigenvalue weighted by atomic mass is 16.4. The van der Waals surface area contributed by atoms with E-state index in [1.807, 2.05) is 31.3 Å². The normalized spacial score (nSPS) is 11.3. The average molecular weight is 308 g/mol. The third-order valence-corrected chi connectivity index (χ3v) is 3.88. The Bertz CT molecular complexity index is 861. The Morgan fingerprint density at radius 2 is 2.04 bits per heavy atom. The molecule has 3 rings (SSSR count). The van der Waals surface area contributed by atoms with Crippen molar-refractivity contribution in [3.63, 3.8) is 0 Å². The van der Waals surface area contributed by atoms with Crippen molar-refractivity contribution >= 4 is 16.9 Å². The first kappa shape index (κ1) is 15.3. The van der Waals surface area contributed by atoms with E-state index in [0.717, 1.165) is 34.3 Å². The van der Waals surface area contributed by atoms with Gasteiger partial charge < -0.3 is 9.67 Å². The summed E-state index contributed by atoms with van der Waals surface area (Å²) >= 11 is 0. The Kier molecular flexibility index (Phi) is 3.90. The lowest BCUT2D eigenvalue weighted by atomic mass is 10.0. The number of carboxylic acids is 1. The maximum atomic E-state index is 11.5. The molecule has 1 N–H and O–H groups in total. The second-order valence-corrected chi connectivity index (χ2v) is 6.34. The fourth-order valence-corrected chi connectivity index (χ4v) is 2.81. The van der Waals surface area contributed by atoms with Gasteiger partial charge in [0.15, 0.2) is 0 Å². The van der Waals surface area contributed by atoms with E-state index in [2.05, 4.69) is 23.4 Å². The number of nitrogens with zero attached hydrogens (tertiary/aromatic N) is 2. The van der Waals surface area contributed by atoms with Crippen LogP contribution in [0.5, 0.6) is 0 Å². The number of pyridine rings is 1. The minimum Gasteiger partial charge on any atom is -0.478 e. The fourth-order valence-electron chi connectivity index (χ4n) is 2.81. The summed E-state index contributed by atoms with van der Waals surface area (Å²) in [5.74, 6) is -0.433. The molecular weight excluding hydrogens is 288 g/mol. The molecule has 0 aliphatic rings. The second-order valence-electron chi connectivity index (χ2n) is 6.34. The number of hydrogen-bond donors (Lipinski definition) is 1. The van der Waals surface area contributed by atoms with Crippen molar-refractivity contribution in [2.75, 3.05) is 0 Å². The number of aromatic carboxylic acids is 1. The van der Waals surface area contributed by atoms with Crippen molar-refractivity contribution in [3.05, 3.63) is 53.9 Å². The summed E-state index contributed by atoms with van der Waals surface area (Å²) < 4.78 is 2.12. The van der Waals surface area contributed by atoms with E-state index in [1.54, 1.807) is 18.3 Å². The van der Waals surface area contributed by atoms with Crippen LogP contribution in [0.25, 0.3) is 22.2 Å². The zero-order valence-electron chi connectivity index (χ0n) is 13.6. The minimum absolute atomic E-state index is 0.290. The summed E-state index contributed by atoms with van der Waals surface area (Å²) in [5.41, 5.74) is 3.97. The number of aromatic nitrogens is 2. The highest BCUT2D eigenvalue weighted by Gasteiger charge is 2.14. The van der Waals surface area contributed by atoms with Gasteiger partial charge in [-0.2, -0.15) is 0 Å². The molecule has 3 aromatic rings. The molecule has 0 atom stereocenters. The van der Waals surface area contributed by atoms with Crippen LogP contribution in [0, 0.1) is 12.8 Å². The van der Waals surface area contributed by atoms with Gasteiger partial charge in [0.25, 0.3) is 0 Å². The minimum atomic E-state index is -0.919. The van der Waals surface area contributed by atoms with Gasteiger partial charge in [-0.25, -0.2) is 4.79 Å². The molecule has 2 aromatic heterocycles. The van der Waals surface area contributed by atoms with E-state index in [1.165, 1.54) is 0 Å². The van der Waals surface area contributed by atoms with Crippen LogP contribution in [-0.4, -0.2) is 20.6 Å². The van der Waals surface area contributed by atoms with Gasteiger partial charge in [-0.3, -0.25) is 4.98 Å². The van der Waals surface area contributed by atoms with Crippen molar-refractivity contribution in [1.82, 2.24) is 9.55 Å². The van der Waals surface area contributed by atoms with Gasteiger partial charge in [0.05, 0.1) is 11.3 Å². The molecule has 0 aliphatic carbocycles. The molecule has 118 valence electrons. The van der Waals surface area contributed by atoms with E-state index < -0.39 is 5.97 Å². The fraction of sp³-hybridized carbons (Fsp3) is 0.263. The summed E-state index contributed by atoms with van der Waals surface area (Å²) in [6.45, 7) is 7.14. The Labute approximate surface area is 135 Å². The van der Waals surface area contributed by atoms with Gasteiger partial charge in [0.2, 0.25) is 0 Å². The van der Waals surface area contributed by atoms with Crippen molar-refractivity contribution in [3.8, 4) is 11.3 Å². The topological polar surface area (TPSA) is 55.1 Å². The third kappa shape index (κ3) is 2.97. The first-order chi connectivity index (χ1) is 11.0. The van der Waals surface area contributed by atoms with Crippen LogP contribution in [0.15, 0.2) is 42.7 Å². The van der Waals surface area contributed by atoms with Crippen LogP contribution in [-0.2, 0) is 6.54 Å². The first-order valence-electron chi connectivity index (χ1n) is 7.75. The van der Waals surface area contributed by atoms with Gasteiger partial charge in [0.1, 0.15) is 0 Å². The number of aryl methyl sites for hydroxylation is 1. The number of fused-ring (bicyclic) bond motifs is 1. The molecule has 4 nitrogen and oxygen atoms in total. The van der Waals surface area contributed by atoms with Crippen LogP contribution >= 0.6 is 0 Å². The Morgan fingerprint density at radius 1 is 1.26 bits per heavy atom. The van der Waals surface area contributed by atoms with Crippen LogP contribution in [0.2, 0.25) is 0 Å². The zero-order chi connectivity index (χ0) is 16.6. The molecule has 0 aliphatic heterocycles. The number of rotatable bonds is 4. The summed E-state index contributed by atoms with van der Waals surface area (Å²) in [4.78, 5) is 16.0. The van der Waals surface area contributed by atoms with Gasteiger partial charge in [-0.15, -0.1) is 0 Å². The monoisotopic (exact) mass is 308 g/mol. The van der Waals surface area contributed by atoms with Crippen molar-refractivity contribution < 1.29 is 9.90 Å². The van der Waals surface area contributed by atoms with E-state index in [4.69, 9.17) is 0 Å². The van der Waals surface area contributed by atoms with Gasteiger partial charge >= 0.3 is 5.97 Å². The molecule has 4 heteroatoms. The Balaban J connectivity index is 2.25. The molecule has 0 fully saturated rings. The Morgan fingerprint density at radius 3 is 2.65 bits per heavy atom. The zero-order valence-corrected chi connectivity index (χ0v) is 13.6. The molecule has 23 heavy (non-hydrogen) atoms. The van der Waals surface area contributed by atoms with Crippen molar-refractivity contribution in [2.45, 2.75) is 27.3 Å². The number of carboxylic acid groups (broad SMARTS) is 1. The number of hydrogen-bond acceptors (Lipinski definition) is 2. The average Bonchev–Trinajstić information content (AvgIpc) is 2.89. The van der Waals surface area contributed by atoms with Crippen LogP contribution in [0.3, 0.4) is 0 Å². The van der Waals surface area contributed by atoms with Crippen LogP contribution in [0.4, 0.5) is 0 Å². The molecule has 0 amide bonds. The molecule has 0 saturated heterocycles. The molecule has 1 aromatic carbocycles. The maximum absolute atomic E-state index is 11.5. The third-order valence-electron chi connectivity index (χ3n) is 3.88. The van der Waals surface area contributed by atoms with E-state index in [9.17, 15) is 9.90 Å². The summed E-state index contributed by atoms with van der Waals surface area (Å²) in [6.07, 6.45) is 3.83. The van der Waals surface area contributed by atoms with E-state index in [0.29, 0.717) is 11.5 Å². The van der Waals surface area contributed by atoms with E-state index in [-0.39, 0.29) is 0 Å². The quantitative estimate of drug-likeness (QED) is 0.779. The smallest absolute Gasteiger partial charge is 0.335 e. The molecule has 2 heterocycles. The molecule has 0 bridgehead atoms. The number of benzene rings is 1. The van der Waals surface area contributed by atoms with Gasteiger partial charge in [-0.05, 0) is 42.7 Å². The molecule has 0 radical (unpaired) electrons. The maximum Gasteiger partial charge on any atom is 0.335 e. The molecule has 0 saturated carbocycles. The molecular formula is C19H20N2O2. The van der Waals surface area contributed by atoms with E-state index >= 15 is 0 Å². The Hall–Kier alpha value is -2.62. The van der Waals surface area contributed by atoms with Crippen LogP contribution < -0.4 is 0 Å². The SMILES string of the molecule is Cc1ccc(-c2cc(C(=O)O)cc3c2ccn3CC(C)C)nc1. The standard InChI is InChI=1S/C19H20N2O2/c1-12(2)11-21-7-6-15-16(17-5-4-13(3)10-20-17)8-14(19(22)23)9-18(15)21/h4-10,12H,11H2,1-3H3,(H,22,23). The lowest BCUT2D eigenvalue weighted by Crippen LogP contribution is -2.04. The highest BCUT2D eigenvalue weighted by molar-refractivity contribution is 6.01. The summed E-state index contributed by atoms with van der Waals surface area (Å²) in [5, 5.41) is 10.5. The lowest BCUT2D eigenvalue weighted by molar-refractivity contribution is 0.0697. The van der Waals surface area contributed by atoms with Crippen molar-refractivity contribution in [2.24, 2.45) is 5.92 Å². The predicted molar refractivity (Wildman–Crippen MR) is 91.7 cm³/mol.